The molecular weight excluding hydrogens is 244 g/mol. The van der Waals surface area contributed by atoms with Gasteiger partial charge in [-0.15, -0.1) is 0 Å². The number of rotatable bonds is 2. The largest absolute Gasteiger partial charge is 0.398 e. The van der Waals surface area contributed by atoms with Gasteiger partial charge in [-0.1, -0.05) is 18.2 Å². The molecule has 1 aliphatic heterocycles. The second-order valence-electron chi connectivity index (χ2n) is 4.40. The third kappa shape index (κ3) is 2.98. The monoisotopic (exact) mass is 262 g/mol. The van der Waals surface area contributed by atoms with Gasteiger partial charge in [-0.3, -0.25) is 5.43 Å². The minimum Gasteiger partial charge on any atom is -0.398 e. The van der Waals surface area contributed by atoms with Crippen molar-refractivity contribution in [3.8, 4) is 0 Å². The first kappa shape index (κ1) is 12.8. The molecule has 0 spiro atoms. The number of benzene rings is 1. The van der Waals surface area contributed by atoms with Gasteiger partial charge in [0.2, 0.25) is 0 Å². The Hall–Kier alpha value is -1.62. The van der Waals surface area contributed by atoms with E-state index in [0.29, 0.717) is 5.11 Å². The number of hydrogen-bond donors (Lipinski definition) is 2. The number of likely N-dealkylation sites (tertiary alicyclic amines) is 1. The molecule has 0 aliphatic carbocycles. The van der Waals surface area contributed by atoms with Crippen LogP contribution in [0.1, 0.15) is 25.3 Å². The maximum absolute atomic E-state index is 5.90. The number of hydrogen-bond acceptors (Lipinski definition) is 3. The number of nitrogens with one attached hydrogen (secondary N) is 1. The Labute approximate surface area is 113 Å². The number of nitrogen functional groups attached to an aromatic ring is 1. The summed E-state index contributed by atoms with van der Waals surface area (Å²) < 4.78 is 0. The Morgan fingerprint density at radius 1 is 1.33 bits per heavy atom. The predicted octanol–water partition coefficient (Wildman–Crippen LogP) is 1.96. The second-order valence-corrected chi connectivity index (χ2v) is 4.78. The van der Waals surface area contributed by atoms with Gasteiger partial charge in [-0.2, -0.15) is 5.10 Å². The highest BCUT2D eigenvalue weighted by molar-refractivity contribution is 7.80. The average molecular weight is 262 g/mol. The molecule has 1 aliphatic rings. The van der Waals surface area contributed by atoms with E-state index in [1.807, 2.05) is 31.2 Å². The molecule has 0 saturated carbocycles. The number of anilines is 1. The fourth-order valence-corrected chi connectivity index (χ4v) is 2.24. The van der Waals surface area contributed by atoms with Crippen LogP contribution in [0.25, 0.3) is 0 Å². The molecule has 1 fully saturated rings. The maximum Gasteiger partial charge on any atom is 0.189 e. The molecule has 3 N–H and O–H groups in total. The molecule has 1 aromatic carbocycles. The van der Waals surface area contributed by atoms with Crippen LogP contribution in [0.5, 0.6) is 0 Å². The molecule has 0 unspecified atom stereocenters. The van der Waals surface area contributed by atoms with Gasteiger partial charge in [0.1, 0.15) is 0 Å². The molecule has 5 heteroatoms. The summed E-state index contributed by atoms with van der Waals surface area (Å²) in [6, 6.07) is 7.68. The summed E-state index contributed by atoms with van der Waals surface area (Å²) in [4.78, 5) is 2.14. The summed E-state index contributed by atoms with van der Waals surface area (Å²) in [6.07, 6.45) is 2.41. The summed E-state index contributed by atoms with van der Waals surface area (Å²) in [5, 5.41) is 5.00. The van der Waals surface area contributed by atoms with Crippen LogP contribution in [0, 0.1) is 0 Å². The number of thiocarbonyl (C=S) groups is 1. The van der Waals surface area contributed by atoms with Gasteiger partial charge in [0.25, 0.3) is 0 Å². The van der Waals surface area contributed by atoms with Crippen LogP contribution < -0.4 is 11.2 Å². The first-order valence-corrected chi connectivity index (χ1v) is 6.53. The lowest BCUT2D eigenvalue weighted by molar-refractivity contribution is 0.509. The number of hydrazone groups is 1. The molecule has 18 heavy (non-hydrogen) atoms. The van der Waals surface area contributed by atoms with Crippen molar-refractivity contribution < 1.29 is 0 Å². The van der Waals surface area contributed by atoms with Crippen LogP contribution >= 0.6 is 12.2 Å². The van der Waals surface area contributed by atoms with Gasteiger partial charge in [-0.25, -0.2) is 0 Å². The second kappa shape index (κ2) is 5.82. The van der Waals surface area contributed by atoms with Gasteiger partial charge in [0.15, 0.2) is 5.11 Å². The van der Waals surface area contributed by atoms with E-state index in [2.05, 4.69) is 15.4 Å². The zero-order valence-electron chi connectivity index (χ0n) is 10.5. The number of nitrogens with two attached hydrogens (primary N) is 1. The normalized spacial score (nSPS) is 15.8. The summed E-state index contributed by atoms with van der Waals surface area (Å²) in [7, 11) is 0. The Bertz CT molecular complexity index is 464. The Balaban J connectivity index is 2.00. The van der Waals surface area contributed by atoms with Crippen molar-refractivity contribution in [2.75, 3.05) is 18.8 Å². The quantitative estimate of drug-likeness (QED) is 0.370. The lowest BCUT2D eigenvalue weighted by Gasteiger charge is -2.17. The van der Waals surface area contributed by atoms with Crippen molar-refractivity contribution in [2.24, 2.45) is 5.10 Å². The topological polar surface area (TPSA) is 53.7 Å². The van der Waals surface area contributed by atoms with E-state index in [1.165, 1.54) is 12.8 Å². The van der Waals surface area contributed by atoms with Gasteiger partial charge < -0.3 is 10.6 Å². The summed E-state index contributed by atoms with van der Waals surface area (Å²) >= 11 is 5.29. The van der Waals surface area contributed by atoms with Crippen LogP contribution in [-0.2, 0) is 0 Å². The maximum atomic E-state index is 5.90. The van der Waals surface area contributed by atoms with Crippen molar-refractivity contribution in [3.63, 3.8) is 0 Å². The lowest BCUT2D eigenvalue weighted by Crippen LogP contribution is -2.35. The minimum atomic E-state index is 0.696. The standard InChI is InChI=1S/C13H18N4S/c1-10(11-6-2-3-7-12(11)14)15-16-13(18)17-8-4-5-9-17/h2-3,6-7H,4-5,8-9,14H2,1H3,(H,16,18)/b15-10+. The molecule has 0 bridgehead atoms. The van der Waals surface area contributed by atoms with Crippen LogP contribution in [0.15, 0.2) is 29.4 Å². The van der Waals surface area contributed by atoms with Crippen molar-refractivity contribution in [1.29, 1.82) is 0 Å². The molecule has 0 radical (unpaired) electrons. The molecule has 4 nitrogen and oxygen atoms in total. The number of nitrogens with zero attached hydrogens (tertiary/aromatic N) is 2. The number of para-hydroxylation sites is 1. The van der Waals surface area contributed by atoms with E-state index >= 15 is 0 Å². The third-order valence-electron chi connectivity index (χ3n) is 3.06. The van der Waals surface area contributed by atoms with E-state index in [4.69, 9.17) is 18.0 Å². The zero-order valence-corrected chi connectivity index (χ0v) is 11.3. The first-order chi connectivity index (χ1) is 8.68. The van der Waals surface area contributed by atoms with Crippen LogP contribution in [0.2, 0.25) is 0 Å². The fraction of sp³-hybridized carbons (Fsp3) is 0.385. The van der Waals surface area contributed by atoms with E-state index in [-0.39, 0.29) is 0 Å². The fourth-order valence-electron chi connectivity index (χ4n) is 2.01. The lowest BCUT2D eigenvalue weighted by atomic mass is 10.1. The van der Waals surface area contributed by atoms with Gasteiger partial charge in [0, 0.05) is 24.3 Å². The van der Waals surface area contributed by atoms with Crippen LogP contribution in [0.3, 0.4) is 0 Å². The molecule has 0 atom stereocenters. The zero-order chi connectivity index (χ0) is 13.0. The van der Waals surface area contributed by atoms with Gasteiger partial charge in [-0.05, 0) is 38.0 Å². The van der Waals surface area contributed by atoms with Crippen molar-refractivity contribution in [3.05, 3.63) is 29.8 Å². The van der Waals surface area contributed by atoms with Gasteiger partial charge >= 0.3 is 0 Å². The Kier molecular flexibility index (Phi) is 4.15. The average Bonchev–Trinajstić information content (AvgIpc) is 2.90. The molecule has 1 aromatic rings. The van der Waals surface area contributed by atoms with Crippen molar-refractivity contribution in [1.82, 2.24) is 10.3 Å². The predicted molar refractivity (Wildman–Crippen MR) is 79.6 cm³/mol. The molecule has 96 valence electrons. The van der Waals surface area contributed by atoms with Crippen molar-refractivity contribution in [2.45, 2.75) is 19.8 Å². The molecule has 0 aromatic heterocycles. The summed E-state index contributed by atoms with van der Waals surface area (Å²) in [5.41, 5.74) is 11.3. The highest BCUT2D eigenvalue weighted by Crippen LogP contribution is 2.11. The molecule has 1 saturated heterocycles. The summed E-state index contributed by atoms with van der Waals surface area (Å²) in [6.45, 7) is 3.97. The third-order valence-corrected chi connectivity index (χ3v) is 3.41. The smallest absolute Gasteiger partial charge is 0.189 e. The Morgan fingerprint density at radius 2 is 2.00 bits per heavy atom. The minimum absolute atomic E-state index is 0.696. The molecular formula is C13H18N4S. The molecule has 0 amide bonds. The van der Waals surface area contributed by atoms with E-state index in [9.17, 15) is 0 Å². The first-order valence-electron chi connectivity index (χ1n) is 6.12. The van der Waals surface area contributed by atoms with E-state index in [1.54, 1.807) is 0 Å². The van der Waals surface area contributed by atoms with Crippen LogP contribution in [0.4, 0.5) is 5.69 Å². The van der Waals surface area contributed by atoms with Crippen LogP contribution in [-0.4, -0.2) is 28.8 Å². The SMILES string of the molecule is C/C(=N\NC(=S)N1CCCC1)c1ccccc1N. The summed E-state index contributed by atoms with van der Waals surface area (Å²) in [5.74, 6) is 0. The Morgan fingerprint density at radius 3 is 2.67 bits per heavy atom. The van der Waals surface area contributed by atoms with E-state index < -0.39 is 0 Å². The highest BCUT2D eigenvalue weighted by atomic mass is 32.1. The van der Waals surface area contributed by atoms with Crippen molar-refractivity contribution >= 4 is 28.7 Å². The molecule has 1 heterocycles. The van der Waals surface area contributed by atoms with Gasteiger partial charge in [0.05, 0.1) is 5.71 Å². The molecule has 2 rings (SSSR count). The van der Waals surface area contributed by atoms with E-state index in [0.717, 1.165) is 30.1 Å². The highest BCUT2D eigenvalue weighted by Gasteiger charge is 2.14.